The Balaban J connectivity index is 2.22. The van der Waals surface area contributed by atoms with Crippen molar-refractivity contribution in [3.8, 4) is 5.75 Å². The average Bonchev–Trinajstić information content (AvgIpc) is 2.55. The van der Waals surface area contributed by atoms with Crippen LogP contribution in [0.4, 0.5) is 0 Å². The number of benzene rings is 1. The molecule has 1 aromatic carbocycles. The van der Waals surface area contributed by atoms with Crippen LogP contribution in [-0.4, -0.2) is 6.61 Å². The Hall–Kier alpha value is -2.43. The highest BCUT2D eigenvalue weighted by Gasteiger charge is 2.19. The molecule has 5 heteroatoms. The molecule has 0 saturated heterocycles. The molecule has 0 N–H and O–H groups in total. The molecule has 0 amide bonds. The highest BCUT2D eigenvalue weighted by Crippen LogP contribution is 2.25. The Morgan fingerprint density at radius 2 is 2.00 bits per heavy atom. The van der Waals surface area contributed by atoms with Gasteiger partial charge in [0.2, 0.25) is 11.2 Å². The van der Waals surface area contributed by atoms with Gasteiger partial charge in [0.15, 0.2) is 5.76 Å². The van der Waals surface area contributed by atoms with Crippen LogP contribution in [0.1, 0.15) is 37.1 Å². The lowest BCUT2D eigenvalue weighted by molar-refractivity contribution is 0.285. The molecule has 0 radical (unpaired) electrons. The largest absolute Gasteiger partial charge is 0.487 e. The van der Waals surface area contributed by atoms with Gasteiger partial charge in [-0.25, -0.2) is 0 Å². The van der Waals surface area contributed by atoms with E-state index in [0.717, 1.165) is 18.4 Å². The highest BCUT2D eigenvalue weighted by atomic mass is 16.5. The molecule has 0 aliphatic carbocycles. The Morgan fingerprint density at radius 1 is 1.23 bits per heavy atom. The quantitative estimate of drug-likeness (QED) is 0.548. The summed E-state index contributed by atoms with van der Waals surface area (Å²) in [5.41, 5.74) is 0.540. The monoisotopic (exact) mass is 301 g/mol. The lowest BCUT2D eigenvalue weighted by atomic mass is 10.0. The predicted molar refractivity (Wildman–Crippen MR) is 84.1 cm³/mol. The van der Waals surface area contributed by atoms with E-state index in [-0.39, 0.29) is 17.6 Å². The second-order valence-corrected chi connectivity index (χ2v) is 4.98. The van der Waals surface area contributed by atoms with Gasteiger partial charge in [0.1, 0.15) is 6.04 Å². The maximum Gasteiger partial charge on any atom is 0.227 e. The zero-order valence-corrected chi connectivity index (χ0v) is 12.5. The maximum atomic E-state index is 11.9. The Kier molecular flexibility index (Phi) is 5.89. The Morgan fingerprint density at radius 3 is 2.68 bits per heavy atom. The molecule has 1 heterocycles. The van der Waals surface area contributed by atoms with E-state index in [9.17, 15) is 9.70 Å². The van der Waals surface area contributed by atoms with Crippen molar-refractivity contribution in [1.82, 2.24) is 0 Å². The molecule has 1 aromatic heterocycles. The number of hydrogen-bond donors (Lipinski definition) is 0. The molecule has 2 rings (SSSR count). The van der Waals surface area contributed by atoms with Crippen LogP contribution >= 0.6 is 0 Å². The fourth-order valence-electron chi connectivity index (χ4n) is 2.12. The van der Waals surface area contributed by atoms with Crippen LogP contribution in [0.15, 0.2) is 57.0 Å². The van der Waals surface area contributed by atoms with Crippen molar-refractivity contribution in [2.75, 3.05) is 6.61 Å². The van der Waals surface area contributed by atoms with Gasteiger partial charge in [0.25, 0.3) is 0 Å². The number of nitroso groups, excluding NO2 is 1. The molecule has 22 heavy (non-hydrogen) atoms. The van der Waals surface area contributed by atoms with Gasteiger partial charge >= 0.3 is 0 Å². The minimum Gasteiger partial charge on any atom is -0.487 e. The summed E-state index contributed by atoms with van der Waals surface area (Å²) in [5.74, 6) is 0.539. The van der Waals surface area contributed by atoms with E-state index in [4.69, 9.17) is 9.15 Å². The fraction of sp³-hybridized carbons (Fsp3) is 0.353. The summed E-state index contributed by atoms with van der Waals surface area (Å²) >= 11 is 0. The lowest BCUT2D eigenvalue weighted by Gasteiger charge is -2.12. The summed E-state index contributed by atoms with van der Waals surface area (Å²) in [4.78, 5) is 23.1. The van der Waals surface area contributed by atoms with E-state index in [1.807, 2.05) is 37.3 Å². The van der Waals surface area contributed by atoms with Crippen LogP contribution < -0.4 is 10.2 Å². The summed E-state index contributed by atoms with van der Waals surface area (Å²) in [6, 6.07) is 9.90. The molecule has 0 aliphatic rings. The summed E-state index contributed by atoms with van der Waals surface area (Å²) in [5, 5.41) is 3.15. The van der Waals surface area contributed by atoms with Crippen molar-refractivity contribution >= 4 is 0 Å². The van der Waals surface area contributed by atoms with Crippen molar-refractivity contribution in [2.45, 2.75) is 32.2 Å². The van der Waals surface area contributed by atoms with E-state index < -0.39 is 6.04 Å². The molecule has 0 spiro atoms. The number of nitrogens with zero attached hydrogens (tertiary/aromatic N) is 1. The maximum absolute atomic E-state index is 11.9. The first-order valence-electron chi connectivity index (χ1n) is 7.37. The number of hydrogen-bond acceptors (Lipinski definition) is 5. The Bertz CT molecular complexity index is 651. The molecular formula is C17H19NO4. The third kappa shape index (κ3) is 4.04. The first-order chi connectivity index (χ1) is 10.8. The van der Waals surface area contributed by atoms with Crippen LogP contribution in [-0.2, 0) is 6.42 Å². The van der Waals surface area contributed by atoms with E-state index in [1.54, 1.807) is 0 Å². The van der Waals surface area contributed by atoms with Gasteiger partial charge in [-0.1, -0.05) is 48.9 Å². The van der Waals surface area contributed by atoms with Crippen molar-refractivity contribution in [2.24, 2.45) is 5.18 Å². The normalized spacial score (nSPS) is 11.9. The molecule has 1 unspecified atom stereocenters. The van der Waals surface area contributed by atoms with Crippen molar-refractivity contribution in [3.63, 3.8) is 0 Å². The third-order valence-corrected chi connectivity index (χ3v) is 3.34. The van der Waals surface area contributed by atoms with Crippen LogP contribution in [0.2, 0.25) is 0 Å². The fourth-order valence-corrected chi connectivity index (χ4v) is 2.12. The third-order valence-electron chi connectivity index (χ3n) is 3.34. The van der Waals surface area contributed by atoms with Gasteiger partial charge in [0, 0.05) is 12.5 Å². The topological polar surface area (TPSA) is 68.9 Å². The lowest BCUT2D eigenvalue weighted by Crippen LogP contribution is -2.12. The molecular weight excluding hydrogens is 282 g/mol. The minimum absolute atomic E-state index is 0.181. The first-order valence-corrected chi connectivity index (χ1v) is 7.37. The second-order valence-electron chi connectivity index (χ2n) is 4.98. The SMILES string of the molecule is CCCCOc1c(CC(N=O)c2ccccc2)occc1=O. The summed E-state index contributed by atoms with van der Waals surface area (Å²) < 4.78 is 10.9. The molecule has 0 saturated carbocycles. The highest BCUT2D eigenvalue weighted by molar-refractivity contribution is 5.28. The summed E-state index contributed by atoms with van der Waals surface area (Å²) in [6.45, 7) is 2.49. The van der Waals surface area contributed by atoms with Crippen LogP contribution in [0.25, 0.3) is 0 Å². The first kappa shape index (κ1) is 15.9. The summed E-state index contributed by atoms with van der Waals surface area (Å²) in [7, 11) is 0. The van der Waals surface area contributed by atoms with Gasteiger partial charge in [-0.3, -0.25) is 4.79 Å². The van der Waals surface area contributed by atoms with Crippen LogP contribution in [0.3, 0.4) is 0 Å². The average molecular weight is 301 g/mol. The molecule has 0 bridgehead atoms. The van der Waals surface area contributed by atoms with E-state index in [0.29, 0.717) is 12.4 Å². The second kappa shape index (κ2) is 8.12. The van der Waals surface area contributed by atoms with Gasteiger partial charge in [-0.05, 0) is 12.0 Å². The van der Waals surface area contributed by atoms with Crippen molar-refractivity contribution in [3.05, 3.63) is 69.1 Å². The van der Waals surface area contributed by atoms with E-state index in [2.05, 4.69) is 5.18 Å². The molecule has 0 fully saturated rings. The Labute approximate surface area is 128 Å². The standard InChI is InChI=1S/C17H19NO4/c1-2-3-10-22-17-15(19)9-11-21-16(17)12-14(18-20)13-7-5-4-6-8-13/h4-9,11,14H,2-3,10,12H2,1H3. The zero-order chi connectivity index (χ0) is 15.8. The van der Waals surface area contributed by atoms with E-state index >= 15 is 0 Å². The van der Waals surface area contributed by atoms with Gasteiger partial charge in [-0.2, -0.15) is 4.91 Å². The smallest absolute Gasteiger partial charge is 0.227 e. The molecule has 2 aromatic rings. The molecule has 5 nitrogen and oxygen atoms in total. The predicted octanol–water partition coefficient (Wildman–Crippen LogP) is 3.87. The van der Waals surface area contributed by atoms with Gasteiger partial charge in [0.05, 0.1) is 12.9 Å². The molecule has 116 valence electrons. The van der Waals surface area contributed by atoms with Crippen LogP contribution in [0.5, 0.6) is 5.75 Å². The van der Waals surface area contributed by atoms with E-state index in [1.165, 1.54) is 12.3 Å². The molecule has 0 aliphatic heterocycles. The number of rotatable bonds is 8. The molecule has 1 atom stereocenters. The minimum atomic E-state index is -0.611. The van der Waals surface area contributed by atoms with Crippen molar-refractivity contribution in [1.29, 1.82) is 0 Å². The summed E-state index contributed by atoms with van der Waals surface area (Å²) in [6.07, 6.45) is 3.33. The van der Waals surface area contributed by atoms with Gasteiger partial charge in [-0.15, -0.1) is 0 Å². The zero-order valence-electron chi connectivity index (χ0n) is 12.5. The van der Waals surface area contributed by atoms with Gasteiger partial charge < -0.3 is 9.15 Å². The van der Waals surface area contributed by atoms with Crippen LogP contribution in [0, 0.1) is 4.91 Å². The van der Waals surface area contributed by atoms with Crippen molar-refractivity contribution < 1.29 is 9.15 Å². The number of unbranched alkanes of at least 4 members (excludes halogenated alkanes) is 1. The number of ether oxygens (including phenoxy) is 1.